The van der Waals surface area contributed by atoms with Crippen LogP contribution in [0.15, 0.2) is 18.2 Å². The molecule has 0 radical (unpaired) electrons. The maximum absolute atomic E-state index is 12.0. The number of likely N-dealkylation sites (N-methyl/N-ethyl adjacent to an activating group) is 1. The molecule has 1 aliphatic heterocycles. The molecule has 0 bridgehead atoms. The topological polar surface area (TPSA) is 119 Å². The number of benzene rings is 1. The fourth-order valence-electron chi connectivity index (χ4n) is 2.00. The van der Waals surface area contributed by atoms with Gasteiger partial charge in [0, 0.05) is 32.2 Å². The Bertz CT molecular complexity index is 612. The highest BCUT2D eigenvalue weighted by molar-refractivity contribution is 5.73. The second-order valence-electron chi connectivity index (χ2n) is 4.82. The van der Waals surface area contributed by atoms with E-state index in [9.17, 15) is 25.0 Å². The lowest BCUT2D eigenvalue weighted by Crippen LogP contribution is -2.48. The van der Waals surface area contributed by atoms with Crippen molar-refractivity contribution in [1.29, 1.82) is 0 Å². The Morgan fingerprint density at radius 1 is 1.14 bits per heavy atom. The van der Waals surface area contributed by atoms with Crippen molar-refractivity contribution in [3.8, 4) is 5.75 Å². The van der Waals surface area contributed by atoms with E-state index in [1.165, 1.54) is 4.90 Å². The highest BCUT2D eigenvalue weighted by Crippen LogP contribution is 2.31. The monoisotopic (exact) mass is 310 g/mol. The molecule has 1 heterocycles. The molecule has 1 fully saturated rings. The summed E-state index contributed by atoms with van der Waals surface area (Å²) in [6.07, 6.45) is -0.704. The zero-order valence-corrected chi connectivity index (χ0v) is 11.8. The number of carbonyl (C=O) groups excluding carboxylic acids is 1. The maximum atomic E-state index is 12.0. The van der Waals surface area contributed by atoms with E-state index in [2.05, 4.69) is 0 Å². The van der Waals surface area contributed by atoms with Gasteiger partial charge in [-0.25, -0.2) is 4.79 Å². The summed E-state index contributed by atoms with van der Waals surface area (Å²) >= 11 is 0. The van der Waals surface area contributed by atoms with Gasteiger partial charge in [0.15, 0.2) is 0 Å². The van der Waals surface area contributed by atoms with Crippen LogP contribution in [-0.4, -0.2) is 59.0 Å². The van der Waals surface area contributed by atoms with Crippen LogP contribution in [-0.2, 0) is 0 Å². The number of nitrogens with zero attached hydrogens (tertiary/aromatic N) is 4. The quantitative estimate of drug-likeness (QED) is 0.608. The van der Waals surface area contributed by atoms with E-state index in [4.69, 9.17) is 4.74 Å². The molecule has 10 heteroatoms. The van der Waals surface area contributed by atoms with Crippen LogP contribution in [0.2, 0.25) is 0 Å². The van der Waals surface area contributed by atoms with Crippen molar-refractivity contribution in [2.24, 2.45) is 0 Å². The van der Waals surface area contributed by atoms with Crippen molar-refractivity contribution in [2.75, 3.05) is 33.2 Å². The first-order chi connectivity index (χ1) is 10.4. The number of amides is 1. The number of carbonyl (C=O) groups is 1. The Labute approximate surface area is 125 Å². The summed E-state index contributed by atoms with van der Waals surface area (Å²) in [6, 6.07) is 2.89. The molecule has 0 atom stereocenters. The van der Waals surface area contributed by atoms with Crippen LogP contribution in [0.25, 0.3) is 0 Å². The molecule has 22 heavy (non-hydrogen) atoms. The predicted molar refractivity (Wildman–Crippen MR) is 74.8 cm³/mol. The summed E-state index contributed by atoms with van der Waals surface area (Å²) in [5, 5.41) is 21.6. The van der Waals surface area contributed by atoms with E-state index in [1.807, 2.05) is 11.9 Å². The van der Waals surface area contributed by atoms with Gasteiger partial charge >= 0.3 is 11.8 Å². The van der Waals surface area contributed by atoms with Crippen molar-refractivity contribution in [2.45, 2.75) is 0 Å². The van der Waals surface area contributed by atoms with Crippen molar-refractivity contribution in [3.05, 3.63) is 38.4 Å². The number of piperazine rings is 1. The smallest absolute Gasteiger partial charge is 0.403 e. The molecule has 1 aromatic carbocycles. The molecule has 0 aromatic heterocycles. The van der Waals surface area contributed by atoms with Gasteiger partial charge in [0.1, 0.15) is 0 Å². The van der Waals surface area contributed by atoms with Crippen LogP contribution < -0.4 is 4.74 Å². The molecule has 1 amide bonds. The van der Waals surface area contributed by atoms with Crippen molar-refractivity contribution in [1.82, 2.24) is 9.80 Å². The Morgan fingerprint density at radius 2 is 1.77 bits per heavy atom. The molecule has 0 saturated carbocycles. The molecule has 0 spiro atoms. The predicted octanol–water partition coefficient (Wildman–Crippen LogP) is 1.25. The lowest BCUT2D eigenvalue weighted by Gasteiger charge is -2.31. The molecule has 0 N–H and O–H groups in total. The third-order valence-corrected chi connectivity index (χ3v) is 3.31. The minimum Gasteiger partial charge on any atom is -0.403 e. The lowest BCUT2D eigenvalue weighted by molar-refractivity contribution is -0.394. The highest BCUT2D eigenvalue weighted by atomic mass is 16.6. The maximum Gasteiger partial charge on any atom is 0.415 e. The van der Waals surface area contributed by atoms with Gasteiger partial charge in [-0.1, -0.05) is 0 Å². The van der Waals surface area contributed by atoms with Gasteiger partial charge in [-0.2, -0.15) is 0 Å². The molecule has 2 rings (SSSR count). The fourth-order valence-corrected chi connectivity index (χ4v) is 2.00. The van der Waals surface area contributed by atoms with Gasteiger partial charge < -0.3 is 14.5 Å². The summed E-state index contributed by atoms with van der Waals surface area (Å²) in [5.74, 6) is -0.306. The van der Waals surface area contributed by atoms with Crippen molar-refractivity contribution < 1.29 is 19.4 Å². The first-order valence-electron chi connectivity index (χ1n) is 6.46. The number of hydrogen-bond donors (Lipinski definition) is 0. The summed E-state index contributed by atoms with van der Waals surface area (Å²) in [6.45, 7) is 2.27. The van der Waals surface area contributed by atoms with Gasteiger partial charge in [0.2, 0.25) is 5.75 Å². The minimum absolute atomic E-state index is 0.306. The number of ether oxygens (including phenoxy) is 1. The molecular weight excluding hydrogens is 296 g/mol. The van der Waals surface area contributed by atoms with Gasteiger partial charge in [-0.05, 0) is 13.1 Å². The average molecular weight is 310 g/mol. The van der Waals surface area contributed by atoms with E-state index in [-0.39, 0.29) is 5.75 Å². The first kappa shape index (κ1) is 15.6. The third kappa shape index (κ3) is 3.47. The summed E-state index contributed by atoms with van der Waals surface area (Å²) in [7, 11) is 1.92. The van der Waals surface area contributed by atoms with Crippen LogP contribution in [0.5, 0.6) is 5.75 Å². The van der Waals surface area contributed by atoms with Crippen molar-refractivity contribution >= 4 is 17.5 Å². The Hall–Kier alpha value is -2.75. The highest BCUT2D eigenvalue weighted by Gasteiger charge is 2.26. The molecule has 1 aromatic rings. The first-order valence-corrected chi connectivity index (χ1v) is 6.46. The van der Waals surface area contributed by atoms with E-state index < -0.39 is 27.3 Å². The molecular formula is C12H14N4O6. The Morgan fingerprint density at radius 3 is 2.32 bits per heavy atom. The zero-order valence-electron chi connectivity index (χ0n) is 11.8. The number of non-ortho nitro benzene ring substituents is 1. The summed E-state index contributed by atoms with van der Waals surface area (Å²) < 4.78 is 5.02. The van der Waals surface area contributed by atoms with E-state index >= 15 is 0 Å². The lowest BCUT2D eigenvalue weighted by atomic mass is 10.2. The van der Waals surface area contributed by atoms with Gasteiger partial charge in [-0.15, -0.1) is 0 Å². The van der Waals surface area contributed by atoms with Crippen molar-refractivity contribution in [3.63, 3.8) is 0 Å². The zero-order chi connectivity index (χ0) is 16.3. The standard InChI is InChI=1S/C12H14N4O6/c1-13-4-6-14(7-5-13)12(17)22-11-3-2-9(15(18)19)8-10(11)16(20)21/h2-3,8H,4-7H2,1H3. The normalized spacial score (nSPS) is 15.4. The van der Waals surface area contributed by atoms with Crippen LogP contribution in [0.3, 0.4) is 0 Å². The number of nitro benzene ring substituents is 2. The molecule has 0 unspecified atom stereocenters. The Kier molecular flexibility index (Phi) is 4.51. The van der Waals surface area contributed by atoms with Crippen LogP contribution in [0, 0.1) is 20.2 Å². The number of hydrogen-bond acceptors (Lipinski definition) is 7. The molecule has 118 valence electrons. The second kappa shape index (κ2) is 6.35. The van der Waals surface area contributed by atoms with Crippen LogP contribution in [0.4, 0.5) is 16.2 Å². The Balaban J connectivity index is 2.16. The minimum atomic E-state index is -0.820. The van der Waals surface area contributed by atoms with E-state index in [0.717, 1.165) is 18.2 Å². The average Bonchev–Trinajstić information content (AvgIpc) is 2.47. The number of rotatable bonds is 3. The summed E-state index contributed by atoms with van der Waals surface area (Å²) in [5.41, 5.74) is -1.05. The molecule has 1 saturated heterocycles. The van der Waals surface area contributed by atoms with Gasteiger partial charge in [0.05, 0.1) is 15.9 Å². The molecule has 10 nitrogen and oxygen atoms in total. The van der Waals surface area contributed by atoms with E-state index in [1.54, 1.807) is 0 Å². The molecule has 0 aliphatic carbocycles. The summed E-state index contributed by atoms with van der Waals surface area (Å²) in [4.78, 5) is 35.5. The third-order valence-electron chi connectivity index (χ3n) is 3.31. The van der Waals surface area contributed by atoms with Gasteiger partial charge in [0.25, 0.3) is 5.69 Å². The van der Waals surface area contributed by atoms with E-state index in [0.29, 0.717) is 26.2 Å². The largest absolute Gasteiger partial charge is 0.415 e. The van der Waals surface area contributed by atoms with Crippen LogP contribution in [0.1, 0.15) is 0 Å². The fraction of sp³-hybridized carbons (Fsp3) is 0.417. The second-order valence-corrected chi connectivity index (χ2v) is 4.82. The SMILES string of the molecule is CN1CCN(C(=O)Oc2ccc([N+](=O)[O-])cc2[N+](=O)[O-])CC1. The van der Waals surface area contributed by atoms with Crippen LogP contribution >= 0.6 is 0 Å². The van der Waals surface area contributed by atoms with Gasteiger partial charge in [-0.3, -0.25) is 20.2 Å². The molecule has 1 aliphatic rings. The number of nitro groups is 2.